The lowest BCUT2D eigenvalue weighted by molar-refractivity contribution is -0.187. The average molecular weight is 698 g/mol. The van der Waals surface area contributed by atoms with Gasteiger partial charge in [-0.15, -0.1) is 6.58 Å². The molecule has 51 heavy (non-hydrogen) atoms. The fraction of sp³-hybridized carbons (Fsp3) is 0.667. The van der Waals surface area contributed by atoms with Gasteiger partial charge in [-0.3, -0.25) is 14.6 Å². The van der Waals surface area contributed by atoms with Gasteiger partial charge >= 0.3 is 0 Å². The van der Waals surface area contributed by atoms with E-state index in [-0.39, 0.29) is 40.2 Å². The van der Waals surface area contributed by atoms with Crippen LogP contribution in [0.1, 0.15) is 146 Å². The molecule has 6 nitrogen and oxygen atoms in total. The zero-order chi connectivity index (χ0) is 36.8. The van der Waals surface area contributed by atoms with Crippen molar-refractivity contribution in [3.8, 4) is 0 Å². The van der Waals surface area contributed by atoms with Crippen molar-refractivity contribution in [1.82, 2.24) is 15.6 Å². The molecule has 0 radical (unpaired) electrons. The molecule has 1 aromatic carbocycles. The monoisotopic (exact) mass is 698 g/mol. The third kappa shape index (κ3) is 8.16. The van der Waals surface area contributed by atoms with Gasteiger partial charge < -0.3 is 15.7 Å². The van der Waals surface area contributed by atoms with Crippen LogP contribution in [0.4, 0.5) is 0 Å². The number of fused-ring (bicyclic) bond motifs is 5. The summed E-state index contributed by atoms with van der Waals surface area (Å²) in [6.45, 7) is 17.4. The second kappa shape index (κ2) is 16.8. The molecule has 2 amide bonds. The minimum Gasteiger partial charge on any atom is -0.393 e. The third-order valence-electron chi connectivity index (χ3n) is 14.0. The van der Waals surface area contributed by atoms with Crippen LogP contribution in [0.5, 0.6) is 0 Å². The molecule has 9 atom stereocenters. The number of amides is 2. The van der Waals surface area contributed by atoms with Gasteiger partial charge in [0.25, 0.3) is 5.91 Å². The van der Waals surface area contributed by atoms with Crippen LogP contribution in [-0.2, 0) is 11.2 Å². The molecule has 0 saturated heterocycles. The van der Waals surface area contributed by atoms with Crippen molar-refractivity contribution in [3.63, 3.8) is 0 Å². The topological polar surface area (TPSA) is 91.3 Å². The molecule has 4 aliphatic rings. The zero-order valence-electron chi connectivity index (χ0n) is 32.6. The van der Waals surface area contributed by atoms with Gasteiger partial charge in [0.05, 0.1) is 23.3 Å². The number of rotatable bonds is 11. The van der Waals surface area contributed by atoms with Gasteiger partial charge in [-0.25, -0.2) is 0 Å². The van der Waals surface area contributed by atoms with E-state index in [2.05, 4.69) is 49.9 Å². The largest absolute Gasteiger partial charge is 0.393 e. The number of benzene rings is 1. The molecule has 4 saturated carbocycles. The maximum absolute atomic E-state index is 14.2. The van der Waals surface area contributed by atoms with E-state index in [1.165, 1.54) is 32.1 Å². The average Bonchev–Trinajstić information content (AvgIpc) is 3.57. The third-order valence-corrected chi connectivity index (χ3v) is 14.0. The SMILES string of the molecule is C=CC.CC(C)CCCC1(C)C(O)CCC2(C)C3CCC4(C(=O)NCCc5cccc(C(=O)NC(C)c6ccccn6)c5)CCCC4C3CCC12. The summed E-state index contributed by atoms with van der Waals surface area (Å²) >= 11 is 0. The van der Waals surface area contributed by atoms with Crippen molar-refractivity contribution in [1.29, 1.82) is 0 Å². The van der Waals surface area contributed by atoms with E-state index in [4.69, 9.17) is 0 Å². The Kier molecular flexibility index (Phi) is 12.9. The maximum atomic E-state index is 14.2. The van der Waals surface area contributed by atoms with Crippen LogP contribution in [0.2, 0.25) is 0 Å². The van der Waals surface area contributed by atoms with E-state index in [0.29, 0.717) is 48.1 Å². The standard InChI is InChI=1S/C42H61N3O3.C3H6/c1-28(2)11-9-21-41(5)36-17-16-32-33(40(36,4)23-19-37(41)46)18-24-42(22-10-14-34(32)42)39(48)44-26-20-30-12-8-13-31(27-30)38(47)45-29(3)35-15-6-7-25-43-35;1-3-2/h6-8,12-13,15,25,27-29,32-34,36-37,46H,9-11,14,16-24,26H2,1-5H3,(H,44,48)(H,45,47);3H,1H2,2H3. The Morgan fingerprint density at radius 2 is 1.78 bits per heavy atom. The minimum absolute atomic E-state index is 0.00374. The van der Waals surface area contributed by atoms with Gasteiger partial charge in [0.15, 0.2) is 0 Å². The number of hydrogen-bond acceptors (Lipinski definition) is 4. The summed E-state index contributed by atoms with van der Waals surface area (Å²) in [5.41, 5.74) is 2.54. The lowest BCUT2D eigenvalue weighted by Crippen LogP contribution is -2.61. The number of allylic oxidation sites excluding steroid dienone is 1. The molecule has 6 heteroatoms. The van der Waals surface area contributed by atoms with Crippen LogP contribution >= 0.6 is 0 Å². The molecule has 4 aliphatic carbocycles. The number of hydrogen-bond donors (Lipinski definition) is 3. The van der Waals surface area contributed by atoms with Crippen molar-refractivity contribution in [2.75, 3.05) is 6.54 Å². The van der Waals surface area contributed by atoms with Crippen LogP contribution in [0.25, 0.3) is 0 Å². The Bertz CT molecular complexity index is 1480. The molecular weight excluding hydrogens is 631 g/mol. The van der Waals surface area contributed by atoms with Crippen LogP contribution in [-0.4, -0.2) is 34.6 Å². The molecular formula is C45H67N3O3. The molecule has 4 fully saturated rings. The highest BCUT2D eigenvalue weighted by molar-refractivity contribution is 5.94. The van der Waals surface area contributed by atoms with Crippen molar-refractivity contribution in [2.45, 2.75) is 137 Å². The van der Waals surface area contributed by atoms with Crippen LogP contribution in [0.3, 0.4) is 0 Å². The van der Waals surface area contributed by atoms with Gasteiger partial charge in [0.1, 0.15) is 0 Å². The second-order valence-corrected chi connectivity index (χ2v) is 17.5. The smallest absolute Gasteiger partial charge is 0.251 e. The fourth-order valence-corrected chi connectivity index (χ4v) is 11.5. The highest BCUT2D eigenvalue weighted by atomic mass is 16.3. The Morgan fingerprint density at radius 3 is 2.51 bits per heavy atom. The molecule has 9 unspecified atom stereocenters. The summed E-state index contributed by atoms with van der Waals surface area (Å²) in [7, 11) is 0. The van der Waals surface area contributed by atoms with Gasteiger partial charge in [-0.1, -0.05) is 71.2 Å². The first-order valence-electron chi connectivity index (χ1n) is 20.2. The Labute approximate surface area is 309 Å². The van der Waals surface area contributed by atoms with Gasteiger partial charge in [-0.2, -0.15) is 0 Å². The van der Waals surface area contributed by atoms with E-state index in [1.807, 2.05) is 56.3 Å². The number of carbonyl (C=O) groups is 2. The maximum Gasteiger partial charge on any atom is 0.251 e. The molecule has 3 N–H and O–H groups in total. The molecule has 0 bridgehead atoms. The summed E-state index contributed by atoms with van der Waals surface area (Å²) in [4.78, 5) is 31.5. The lowest BCUT2D eigenvalue weighted by Gasteiger charge is -2.65. The summed E-state index contributed by atoms with van der Waals surface area (Å²) in [6.07, 6.45) is 17.6. The highest BCUT2D eigenvalue weighted by Gasteiger charge is 2.64. The van der Waals surface area contributed by atoms with Crippen LogP contribution in [0, 0.1) is 45.8 Å². The molecule has 0 aliphatic heterocycles. The van der Waals surface area contributed by atoms with Gasteiger partial charge in [0, 0.05) is 18.3 Å². The first kappa shape index (κ1) is 39.2. The van der Waals surface area contributed by atoms with Gasteiger partial charge in [-0.05, 0) is 148 Å². The first-order chi connectivity index (χ1) is 24.4. The van der Waals surface area contributed by atoms with E-state index < -0.39 is 0 Å². The first-order valence-corrected chi connectivity index (χ1v) is 20.2. The fourth-order valence-electron chi connectivity index (χ4n) is 11.5. The number of aliphatic hydroxyl groups is 1. The molecule has 0 spiro atoms. The van der Waals surface area contributed by atoms with Crippen LogP contribution in [0.15, 0.2) is 61.3 Å². The minimum atomic E-state index is -0.234. The molecule has 1 aromatic heterocycles. The molecule has 1 heterocycles. The summed E-state index contributed by atoms with van der Waals surface area (Å²) in [5, 5.41) is 17.9. The van der Waals surface area contributed by atoms with Crippen molar-refractivity contribution < 1.29 is 14.7 Å². The van der Waals surface area contributed by atoms with Crippen LogP contribution < -0.4 is 10.6 Å². The predicted molar refractivity (Wildman–Crippen MR) is 208 cm³/mol. The van der Waals surface area contributed by atoms with E-state index >= 15 is 0 Å². The number of pyridine rings is 1. The van der Waals surface area contributed by atoms with Crippen molar-refractivity contribution in [3.05, 3.63) is 78.1 Å². The summed E-state index contributed by atoms with van der Waals surface area (Å²) < 4.78 is 0. The molecule has 6 rings (SSSR count). The van der Waals surface area contributed by atoms with E-state index in [0.717, 1.165) is 56.2 Å². The highest BCUT2D eigenvalue weighted by Crippen LogP contribution is 2.69. The predicted octanol–water partition coefficient (Wildman–Crippen LogP) is 9.64. The number of carbonyl (C=O) groups excluding carboxylic acids is 2. The summed E-state index contributed by atoms with van der Waals surface area (Å²) in [6, 6.07) is 13.3. The van der Waals surface area contributed by atoms with Crippen molar-refractivity contribution in [2.24, 2.45) is 45.8 Å². The number of aromatic nitrogens is 1. The molecule has 2 aromatic rings. The lowest BCUT2D eigenvalue weighted by atomic mass is 9.40. The summed E-state index contributed by atoms with van der Waals surface area (Å²) in [5.74, 6) is 3.18. The van der Waals surface area contributed by atoms with E-state index in [1.54, 1.807) is 12.3 Å². The Morgan fingerprint density at radius 1 is 1.00 bits per heavy atom. The molecule has 280 valence electrons. The second-order valence-electron chi connectivity index (χ2n) is 17.5. The zero-order valence-corrected chi connectivity index (χ0v) is 32.6. The number of aliphatic hydroxyl groups excluding tert-OH is 1. The van der Waals surface area contributed by atoms with Gasteiger partial charge in [0.2, 0.25) is 5.91 Å². The van der Waals surface area contributed by atoms with Crippen molar-refractivity contribution >= 4 is 11.8 Å². The Balaban J connectivity index is 0.00000162. The Hall–Kier alpha value is -2.99. The van der Waals surface area contributed by atoms with E-state index in [9.17, 15) is 14.7 Å². The normalized spacial score (nSPS) is 33.1. The number of nitrogens with zero attached hydrogens (tertiary/aromatic N) is 1. The quantitative estimate of drug-likeness (QED) is 0.204. The number of nitrogens with one attached hydrogen (secondary N) is 2.